The van der Waals surface area contributed by atoms with E-state index in [2.05, 4.69) is 253 Å². The highest BCUT2D eigenvalue weighted by atomic mass is 32.1. The second-order valence-electron chi connectivity index (χ2n) is 20.5. The van der Waals surface area contributed by atoms with E-state index in [1.165, 1.54) is 69.9 Å². The van der Waals surface area contributed by atoms with Crippen molar-refractivity contribution >= 4 is 81.3 Å². The topological polar surface area (TPSA) is 16.4 Å². The quantitative estimate of drug-likeness (QED) is 0.158. The molecule has 0 saturated carbocycles. The minimum atomic E-state index is -0.0195. The van der Waals surface area contributed by atoms with Gasteiger partial charge in [0.2, 0.25) is 0 Å². The molecule has 2 heterocycles. The fourth-order valence-electron chi connectivity index (χ4n) is 10.5. The average Bonchev–Trinajstić information content (AvgIpc) is 3.95. The number of rotatable bonds is 7. The van der Waals surface area contributed by atoms with Gasteiger partial charge in [0.1, 0.15) is 11.2 Å². The lowest BCUT2D eigenvalue weighted by Crippen LogP contribution is -2.16. The molecule has 2 aromatic heterocycles. The Hall–Kier alpha value is -7.72. The summed E-state index contributed by atoms with van der Waals surface area (Å²) in [6.07, 6.45) is 0. The maximum absolute atomic E-state index is 6.43. The Kier molecular flexibility index (Phi) is 10.2. The number of anilines is 3. The van der Waals surface area contributed by atoms with Crippen LogP contribution in [0.15, 0.2) is 217 Å². The molecule has 12 aromatic rings. The molecule has 10 aromatic carbocycles. The molecule has 2 nitrogen and oxygen atoms in total. The van der Waals surface area contributed by atoms with E-state index in [9.17, 15) is 0 Å². The zero-order chi connectivity index (χ0) is 47.0. The fraction of sp³-hybridized carbons (Fsp3) is 0.121. The summed E-state index contributed by atoms with van der Waals surface area (Å²) in [5.74, 6) is 0. The third-order valence-corrected chi connectivity index (χ3v) is 15.1. The van der Waals surface area contributed by atoms with Gasteiger partial charge in [-0.1, -0.05) is 205 Å². The van der Waals surface area contributed by atoms with Crippen LogP contribution in [0.1, 0.15) is 52.7 Å². The van der Waals surface area contributed by atoms with Crippen molar-refractivity contribution in [1.29, 1.82) is 0 Å². The van der Waals surface area contributed by atoms with Crippen LogP contribution in [0.25, 0.3) is 97.4 Å². The Morgan fingerprint density at radius 1 is 0.362 bits per heavy atom. The predicted octanol–water partition coefficient (Wildman–Crippen LogP) is 19.8. The molecule has 0 atom stereocenters. The minimum absolute atomic E-state index is 0.0195. The number of nitrogens with zero attached hydrogens (tertiary/aromatic N) is 1. The van der Waals surface area contributed by atoms with Crippen molar-refractivity contribution in [2.24, 2.45) is 0 Å². The highest BCUT2D eigenvalue weighted by molar-refractivity contribution is 7.25. The Balaban J connectivity index is 1.13. The minimum Gasteiger partial charge on any atom is -0.456 e. The van der Waals surface area contributed by atoms with Crippen LogP contribution in [-0.2, 0) is 10.8 Å². The van der Waals surface area contributed by atoms with Gasteiger partial charge in [-0.25, -0.2) is 0 Å². The average molecular weight is 908 g/mol. The third kappa shape index (κ3) is 7.41. The van der Waals surface area contributed by atoms with Crippen LogP contribution in [0.5, 0.6) is 0 Å². The lowest BCUT2D eigenvalue weighted by atomic mass is 9.78. The van der Waals surface area contributed by atoms with Gasteiger partial charge in [-0.15, -0.1) is 11.3 Å². The number of fused-ring (bicyclic) bond motifs is 7. The number of furan rings is 1. The van der Waals surface area contributed by atoms with Crippen molar-refractivity contribution in [3.63, 3.8) is 0 Å². The maximum Gasteiger partial charge on any atom is 0.136 e. The second-order valence-corrected chi connectivity index (χ2v) is 21.6. The maximum atomic E-state index is 6.43. The van der Waals surface area contributed by atoms with E-state index in [-0.39, 0.29) is 10.8 Å². The van der Waals surface area contributed by atoms with Gasteiger partial charge in [-0.05, 0) is 115 Å². The van der Waals surface area contributed by atoms with Gasteiger partial charge < -0.3 is 9.32 Å². The van der Waals surface area contributed by atoms with Gasteiger partial charge in [0, 0.05) is 47.8 Å². The van der Waals surface area contributed by atoms with Gasteiger partial charge in [0.15, 0.2) is 0 Å². The van der Waals surface area contributed by atoms with Gasteiger partial charge in [0.05, 0.1) is 11.4 Å². The van der Waals surface area contributed by atoms with Crippen LogP contribution in [0.4, 0.5) is 17.1 Å². The van der Waals surface area contributed by atoms with E-state index in [4.69, 9.17) is 4.42 Å². The summed E-state index contributed by atoms with van der Waals surface area (Å²) >= 11 is 1.86. The summed E-state index contributed by atoms with van der Waals surface area (Å²) < 4.78 is 9.01. The van der Waals surface area contributed by atoms with Crippen molar-refractivity contribution in [3.8, 4) is 44.5 Å². The number of para-hydroxylation sites is 3. The molecule has 69 heavy (non-hydrogen) atoms. The Bertz CT molecular complexity index is 3910. The number of hydrogen-bond donors (Lipinski definition) is 0. The van der Waals surface area contributed by atoms with E-state index in [1.54, 1.807) is 0 Å². The zero-order valence-corrected chi connectivity index (χ0v) is 40.8. The molecule has 0 radical (unpaired) electrons. The molecule has 0 saturated heterocycles. The summed E-state index contributed by atoms with van der Waals surface area (Å²) in [7, 11) is 0. The van der Waals surface area contributed by atoms with Crippen molar-refractivity contribution in [2.45, 2.75) is 52.4 Å². The van der Waals surface area contributed by atoms with E-state index in [0.29, 0.717) is 0 Å². The molecular weight excluding hydrogens is 855 g/mol. The summed E-state index contributed by atoms with van der Waals surface area (Å²) in [5, 5.41) is 7.27. The molecule has 0 bridgehead atoms. The van der Waals surface area contributed by atoms with Gasteiger partial charge in [-0.3, -0.25) is 0 Å². The smallest absolute Gasteiger partial charge is 0.136 e. The van der Waals surface area contributed by atoms with E-state index >= 15 is 0 Å². The molecule has 0 aliphatic heterocycles. The van der Waals surface area contributed by atoms with Crippen LogP contribution < -0.4 is 4.90 Å². The number of thiophene rings is 1. The molecule has 0 fully saturated rings. The normalized spacial score (nSPS) is 12.2. The summed E-state index contributed by atoms with van der Waals surface area (Å²) in [4.78, 5) is 2.51. The monoisotopic (exact) mass is 907 g/mol. The fourth-order valence-corrected chi connectivity index (χ4v) is 11.6. The van der Waals surface area contributed by atoms with Crippen LogP contribution in [0.2, 0.25) is 0 Å². The third-order valence-electron chi connectivity index (χ3n) is 14.0. The molecule has 0 aliphatic carbocycles. The SMILES string of the molecule is CC(C)(C)c1cc(-c2cccc3cccc(-c4ccccc4N(c4cccc(-c5cccc6oc7ccccc7c56)c4)c4ccccc4-c4cccc5sc6ccccc6c45)c23)cc(C(C)(C)C)c1. The molecule has 12 rings (SSSR count). The highest BCUT2D eigenvalue weighted by Gasteiger charge is 2.26. The molecule has 0 N–H and O–H groups in total. The predicted molar refractivity (Wildman–Crippen MR) is 298 cm³/mol. The van der Waals surface area contributed by atoms with Crippen LogP contribution >= 0.6 is 11.3 Å². The zero-order valence-electron chi connectivity index (χ0n) is 40.0. The van der Waals surface area contributed by atoms with E-state index in [1.807, 2.05) is 17.4 Å². The van der Waals surface area contributed by atoms with Crippen molar-refractivity contribution in [2.75, 3.05) is 4.90 Å². The van der Waals surface area contributed by atoms with Gasteiger partial charge in [0.25, 0.3) is 0 Å². The Morgan fingerprint density at radius 3 is 1.57 bits per heavy atom. The molecule has 3 heteroatoms. The van der Waals surface area contributed by atoms with Gasteiger partial charge in [-0.2, -0.15) is 0 Å². The highest BCUT2D eigenvalue weighted by Crippen LogP contribution is 2.50. The van der Waals surface area contributed by atoms with Crippen LogP contribution in [0.3, 0.4) is 0 Å². The first-order chi connectivity index (χ1) is 33.5. The van der Waals surface area contributed by atoms with Crippen molar-refractivity contribution in [3.05, 3.63) is 223 Å². The van der Waals surface area contributed by atoms with Crippen LogP contribution in [0, 0.1) is 0 Å². The van der Waals surface area contributed by atoms with E-state index in [0.717, 1.165) is 55.7 Å². The first-order valence-electron chi connectivity index (χ1n) is 24.1. The van der Waals surface area contributed by atoms with Crippen LogP contribution in [-0.4, -0.2) is 0 Å². The van der Waals surface area contributed by atoms with Crippen molar-refractivity contribution in [1.82, 2.24) is 0 Å². The Labute approximate surface area is 408 Å². The molecule has 0 amide bonds. The number of benzene rings is 10. The summed E-state index contributed by atoms with van der Waals surface area (Å²) in [5.41, 5.74) is 17.2. The van der Waals surface area contributed by atoms with E-state index < -0.39 is 0 Å². The lowest BCUT2D eigenvalue weighted by molar-refractivity contribution is 0.569. The number of hydrogen-bond acceptors (Lipinski definition) is 3. The molecule has 334 valence electrons. The van der Waals surface area contributed by atoms with Gasteiger partial charge >= 0.3 is 0 Å². The van der Waals surface area contributed by atoms with Crippen molar-refractivity contribution < 1.29 is 4.42 Å². The molecule has 0 unspecified atom stereocenters. The lowest BCUT2D eigenvalue weighted by Gasteiger charge is -2.31. The molecule has 0 spiro atoms. The summed E-state index contributed by atoms with van der Waals surface area (Å²) in [6, 6.07) is 78.4. The first kappa shape index (κ1) is 42.6. The first-order valence-corrected chi connectivity index (χ1v) is 24.9. The largest absolute Gasteiger partial charge is 0.456 e. The molecular formula is C66H53NOS. The standard InChI is InChI=1S/C66H53NOS/c1-65(2,3)45-38-44(39-46(41-45)66(4,5)6)49-28-16-20-42-21-17-30-52(62(42)49)50-24-7-11-32-56(50)67(47-23-15-22-43(40-47)48-29-18-35-59-63(48)54-26-9-13-34-58(54)68-59)57-33-12-8-25-51(57)53-31-19-37-61-64(53)55-27-10-14-36-60(55)69-61/h7-41H,1-6H3. The second kappa shape index (κ2) is 16.5. The summed E-state index contributed by atoms with van der Waals surface area (Å²) in [6.45, 7) is 13.9. The molecule has 0 aliphatic rings. The Morgan fingerprint density at radius 2 is 0.870 bits per heavy atom.